The van der Waals surface area contributed by atoms with E-state index in [4.69, 9.17) is 16.4 Å². The lowest BCUT2D eigenvalue weighted by Gasteiger charge is -2.11. The SMILES string of the molecule is CCCCC(=O)On1c(-c2ccc(Cl)cc2)cc2c(NS(=O)(=O)CC)cccc21. The van der Waals surface area contributed by atoms with E-state index in [0.29, 0.717) is 33.7 Å². The summed E-state index contributed by atoms with van der Waals surface area (Å²) in [5.41, 5.74) is 2.45. The van der Waals surface area contributed by atoms with Gasteiger partial charge < -0.3 is 4.84 Å². The molecule has 0 aliphatic heterocycles. The predicted octanol–water partition coefficient (Wildman–Crippen LogP) is 4.87. The number of rotatable bonds is 8. The van der Waals surface area contributed by atoms with Gasteiger partial charge in [-0.25, -0.2) is 13.2 Å². The lowest BCUT2D eigenvalue weighted by molar-refractivity contribution is -0.143. The van der Waals surface area contributed by atoms with Gasteiger partial charge in [-0.1, -0.05) is 43.1 Å². The van der Waals surface area contributed by atoms with E-state index in [1.807, 2.05) is 19.1 Å². The third-order valence-corrected chi connectivity index (χ3v) is 6.06. The van der Waals surface area contributed by atoms with Crippen LogP contribution in [0.25, 0.3) is 22.2 Å². The number of sulfonamides is 1. The second-order valence-electron chi connectivity index (χ2n) is 6.64. The van der Waals surface area contributed by atoms with E-state index in [0.717, 1.165) is 18.4 Å². The van der Waals surface area contributed by atoms with Crippen LogP contribution in [-0.4, -0.2) is 24.9 Å². The number of hydrogen-bond acceptors (Lipinski definition) is 4. The lowest BCUT2D eigenvalue weighted by atomic mass is 10.1. The number of fused-ring (bicyclic) bond motifs is 1. The van der Waals surface area contributed by atoms with Crippen LogP contribution in [-0.2, 0) is 14.8 Å². The highest BCUT2D eigenvalue weighted by atomic mass is 35.5. The Morgan fingerprint density at radius 3 is 2.52 bits per heavy atom. The Kier molecular flexibility index (Phi) is 6.49. The molecule has 0 unspecified atom stereocenters. The van der Waals surface area contributed by atoms with Gasteiger partial charge >= 0.3 is 5.97 Å². The number of halogens is 1. The number of anilines is 1. The van der Waals surface area contributed by atoms with Gasteiger partial charge in [-0.2, -0.15) is 4.73 Å². The monoisotopic (exact) mass is 434 g/mol. The van der Waals surface area contributed by atoms with E-state index in [2.05, 4.69) is 4.72 Å². The van der Waals surface area contributed by atoms with E-state index in [9.17, 15) is 13.2 Å². The van der Waals surface area contributed by atoms with Gasteiger partial charge in [0.25, 0.3) is 0 Å². The number of nitrogens with zero attached hydrogens (tertiary/aromatic N) is 1. The molecule has 0 aliphatic carbocycles. The zero-order valence-corrected chi connectivity index (χ0v) is 17.9. The standard InChI is InChI=1S/C21H23ClN2O4S/c1-3-5-9-21(25)28-24-19-8-6-7-18(23-29(26,27)4-2)17(19)14-20(24)15-10-12-16(22)13-11-15/h6-8,10-14,23H,3-5,9H2,1-2H3. The van der Waals surface area contributed by atoms with Crippen LogP contribution in [0.5, 0.6) is 0 Å². The van der Waals surface area contributed by atoms with Crippen molar-refractivity contribution in [2.75, 3.05) is 10.5 Å². The summed E-state index contributed by atoms with van der Waals surface area (Å²) in [6.07, 6.45) is 1.92. The Morgan fingerprint density at radius 2 is 1.86 bits per heavy atom. The molecule has 0 amide bonds. The van der Waals surface area contributed by atoms with E-state index in [-0.39, 0.29) is 11.7 Å². The molecular weight excluding hydrogens is 412 g/mol. The predicted molar refractivity (Wildman–Crippen MR) is 117 cm³/mol. The van der Waals surface area contributed by atoms with E-state index in [1.54, 1.807) is 43.3 Å². The molecule has 154 valence electrons. The average molecular weight is 435 g/mol. The first-order valence-electron chi connectivity index (χ1n) is 9.46. The molecule has 29 heavy (non-hydrogen) atoms. The van der Waals surface area contributed by atoms with Gasteiger partial charge in [0.05, 0.1) is 22.7 Å². The Morgan fingerprint density at radius 1 is 1.14 bits per heavy atom. The quantitative estimate of drug-likeness (QED) is 0.548. The number of nitrogens with one attached hydrogen (secondary N) is 1. The largest absolute Gasteiger partial charge is 0.336 e. The molecule has 0 aliphatic rings. The maximum absolute atomic E-state index is 12.3. The van der Waals surface area contributed by atoms with Crippen LogP contribution in [0.4, 0.5) is 5.69 Å². The summed E-state index contributed by atoms with van der Waals surface area (Å²) in [5.74, 6) is -0.390. The fraction of sp³-hybridized carbons (Fsp3) is 0.286. The molecule has 1 heterocycles. The lowest BCUT2D eigenvalue weighted by Crippen LogP contribution is -2.20. The number of unbranched alkanes of at least 4 members (excludes halogenated alkanes) is 1. The van der Waals surface area contributed by atoms with Crippen molar-refractivity contribution in [1.82, 2.24) is 4.73 Å². The van der Waals surface area contributed by atoms with Crippen molar-refractivity contribution in [3.63, 3.8) is 0 Å². The van der Waals surface area contributed by atoms with Crippen molar-refractivity contribution in [1.29, 1.82) is 0 Å². The van der Waals surface area contributed by atoms with Crippen molar-refractivity contribution in [2.45, 2.75) is 33.1 Å². The summed E-state index contributed by atoms with van der Waals surface area (Å²) in [4.78, 5) is 18.0. The van der Waals surface area contributed by atoms with Crippen molar-refractivity contribution in [3.05, 3.63) is 53.6 Å². The van der Waals surface area contributed by atoms with Crippen LogP contribution in [0, 0.1) is 0 Å². The molecule has 0 spiro atoms. The smallest absolute Gasteiger partial charge is 0.332 e. The third kappa shape index (κ3) is 4.92. The molecule has 0 bridgehead atoms. The van der Waals surface area contributed by atoms with Crippen LogP contribution >= 0.6 is 11.6 Å². The van der Waals surface area contributed by atoms with Crippen LogP contribution in [0.1, 0.15) is 33.1 Å². The van der Waals surface area contributed by atoms with Gasteiger partial charge in [0, 0.05) is 22.4 Å². The molecule has 0 saturated carbocycles. The van der Waals surface area contributed by atoms with E-state index in [1.165, 1.54) is 4.73 Å². The van der Waals surface area contributed by atoms with Crippen molar-refractivity contribution >= 4 is 44.2 Å². The van der Waals surface area contributed by atoms with E-state index >= 15 is 0 Å². The summed E-state index contributed by atoms with van der Waals surface area (Å²) in [7, 11) is -3.46. The molecular formula is C21H23ClN2O4S. The molecule has 3 aromatic rings. The number of carbonyl (C=O) groups is 1. The highest BCUT2D eigenvalue weighted by Crippen LogP contribution is 2.33. The van der Waals surface area contributed by atoms with Crippen molar-refractivity contribution in [2.24, 2.45) is 0 Å². The fourth-order valence-corrected chi connectivity index (χ4v) is 3.71. The minimum Gasteiger partial charge on any atom is -0.336 e. The molecule has 6 nitrogen and oxygen atoms in total. The first-order chi connectivity index (χ1) is 13.8. The highest BCUT2D eigenvalue weighted by molar-refractivity contribution is 7.92. The summed E-state index contributed by atoms with van der Waals surface area (Å²) >= 11 is 6.00. The normalized spacial score (nSPS) is 11.6. The fourth-order valence-electron chi connectivity index (χ4n) is 2.92. The molecule has 2 aromatic carbocycles. The van der Waals surface area contributed by atoms with Gasteiger partial charge in [0.15, 0.2) is 0 Å². The molecule has 0 fully saturated rings. The highest BCUT2D eigenvalue weighted by Gasteiger charge is 2.18. The maximum atomic E-state index is 12.3. The zero-order valence-electron chi connectivity index (χ0n) is 16.3. The minimum atomic E-state index is -3.46. The number of benzene rings is 2. The summed E-state index contributed by atoms with van der Waals surface area (Å²) < 4.78 is 28.2. The Labute approximate surface area is 175 Å². The third-order valence-electron chi connectivity index (χ3n) is 4.51. The molecule has 8 heteroatoms. The molecule has 0 radical (unpaired) electrons. The van der Waals surface area contributed by atoms with Crippen LogP contribution in [0.15, 0.2) is 48.5 Å². The zero-order chi connectivity index (χ0) is 21.0. The molecule has 3 rings (SSSR count). The first-order valence-corrected chi connectivity index (χ1v) is 11.5. The Hall–Kier alpha value is -2.51. The average Bonchev–Trinajstić information content (AvgIpc) is 3.06. The Balaban J connectivity index is 2.14. The van der Waals surface area contributed by atoms with Crippen molar-refractivity contribution < 1.29 is 18.0 Å². The second-order valence-corrected chi connectivity index (χ2v) is 9.09. The summed E-state index contributed by atoms with van der Waals surface area (Å²) in [6, 6.07) is 14.1. The molecule has 0 atom stereocenters. The minimum absolute atomic E-state index is 0.0415. The van der Waals surface area contributed by atoms with Crippen LogP contribution in [0.2, 0.25) is 5.02 Å². The van der Waals surface area contributed by atoms with E-state index < -0.39 is 10.0 Å². The van der Waals surface area contributed by atoms with Gasteiger partial charge in [0.1, 0.15) is 0 Å². The topological polar surface area (TPSA) is 77.4 Å². The number of hydrogen-bond donors (Lipinski definition) is 1. The summed E-state index contributed by atoms with van der Waals surface area (Å²) in [5, 5.41) is 1.23. The molecule has 1 N–H and O–H groups in total. The Bertz CT molecular complexity index is 1120. The molecule has 1 aromatic heterocycles. The number of aromatic nitrogens is 1. The van der Waals surface area contributed by atoms with Gasteiger partial charge in [-0.05, 0) is 43.7 Å². The summed E-state index contributed by atoms with van der Waals surface area (Å²) in [6.45, 7) is 3.58. The first kappa shape index (κ1) is 21.2. The number of carbonyl (C=O) groups excluding carboxylic acids is 1. The second kappa shape index (κ2) is 8.88. The van der Waals surface area contributed by atoms with Gasteiger partial charge in [-0.15, -0.1) is 0 Å². The molecule has 0 saturated heterocycles. The van der Waals surface area contributed by atoms with Crippen molar-refractivity contribution in [3.8, 4) is 11.3 Å². The van der Waals surface area contributed by atoms with Gasteiger partial charge in [0.2, 0.25) is 10.0 Å². The van der Waals surface area contributed by atoms with Crippen LogP contribution in [0.3, 0.4) is 0 Å². The van der Waals surface area contributed by atoms with Gasteiger partial charge in [-0.3, -0.25) is 4.72 Å². The van der Waals surface area contributed by atoms with Crippen LogP contribution < -0.4 is 9.56 Å². The maximum Gasteiger partial charge on any atom is 0.332 e.